The first kappa shape index (κ1) is 20.6. The van der Waals surface area contributed by atoms with E-state index in [4.69, 9.17) is 13.9 Å². The molecule has 0 unspecified atom stereocenters. The number of aliphatic hydroxyl groups is 2. The lowest BCUT2D eigenvalue weighted by Crippen LogP contribution is -2.72. The molecule has 0 radical (unpaired) electrons. The Labute approximate surface area is 170 Å². The number of rotatable bonds is 5. The number of furan rings is 1. The fraction of sp³-hybridized carbons (Fsp3) is 0.727. The molecular formula is C22H30O7. The minimum absolute atomic E-state index is 0.0650. The molecule has 4 rings (SSSR count). The van der Waals surface area contributed by atoms with Crippen LogP contribution in [-0.2, 0) is 25.5 Å². The second kappa shape index (κ2) is 6.65. The number of aryl methyl sites for hydroxylation is 1. The summed E-state index contributed by atoms with van der Waals surface area (Å²) < 4.78 is 16.4. The molecule has 2 saturated carbocycles. The molecule has 29 heavy (non-hydrogen) atoms. The van der Waals surface area contributed by atoms with Gasteiger partial charge in [-0.25, -0.2) is 0 Å². The van der Waals surface area contributed by atoms with Gasteiger partial charge in [0.05, 0.1) is 30.8 Å². The Balaban J connectivity index is 1.79. The lowest BCUT2D eigenvalue weighted by atomic mass is 9.41. The van der Waals surface area contributed by atoms with Gasteiger partial charge in [0.25, 0.3) is 0 Å². The first-order chi connectivity index (χ1) is 13.6. The first-order valence-electron chi connectivity index (χ1n) is 10.3. The summed E-state index contributed by atoms with van der Waals surface area (Å²) in [4.78, 5) is 25.2. The van der Waals surface area contributed by atoms with Crippen LogP contribution < -0.4 is 0 Å². The minimum Gasteiger partial charge on any atom is -0.472 e. The largest absolute Gasteiger partial charge is 0.472 e. The number of ketones is 1. The van der Waals surface area contributed by atoms with E-state index in [1.165, 1.54) is 6.92 Å². The van der Waals surface area contributed by atoms with Gasteiger partial charge in [-0.15, -0.1) is 0 Å². The summed E-state index contributed by atoms with van der Waals surface area (Å²) in [5.41, 5.74) is -2.99. The average molecular weight is 406 g/mol. The van der Waals surface area contributed by atoms with Crippen molar-refractivity contribution in [2.75, 3.05) is 13.2 Å². The Morgan fingerprint density at radius 2 is 2.10 bits per heavy atom. The zero-order valence-corrected chi connectivity index (χ0v) is 17.3. The number of esters is 1. The number of hydrogen-bond acceptors (Lipinski definition) is 7. The van der Waals surface area contributed by atoms with E-state index in [1.54, 1.807) is 19.5 Å². The van der Waals surface area contributed by atoms with Gasteiger partial charge in [0.1, 0.15) is 23.4 Å². The highest BCUT2D eigenvalue weighted by Gasteiger charge is 2.78. The van der Waals surface area contributed by atoms with Crippen LogP contribution in [0.15, 0.2) is 23.0 Å². The molecule has 7 heteroatoms. The average Bonchev–Trinajstić information content (AvgIpc) is 3.23. The van der Waals surface area contributed by atoms with Crippen molar-refractivity contribution in [1.82, 2.24) is 0 Å². The predicted octanol–water partition coefficient (Wildman–Crippen LogP) is 2.03. The number of Topliss-reactive ketones (excluding diaryl/α,β-unsaturated/α-hetero) is 1. The second-order valence-electron chi connectivity index (χ2n) is 9.54. The SMILES string of the molecule is CC(=O)OC[C@@]12C(=O)C[C@](C)(O)[C@](C)(CCc3ccoc3)[C@H]1[C@@H](O)CC[C@@]21CO1. The van der Waals surface area contributed by atoms with E-state index in [9.17, 15) is 19.8 Å². The van der Waals surface area contributed by atoms with E-state index >= 15 is 0 Å². The number of fused-ring (bicyclic) bond motifs is 2. The molecular weight excluding hydrogens is 376 g/mol. The minimum atomic E-state index is -1.31. The third-order valence-corrected chi connectivity index (χ3v) is 8.00. The second-order valence-corrected chi connectivity index (χ2v) is 9.54. The van der Waals surface area contributed by atoms with Gasteiger partial charge in [0, 0.05) is 24.7 Å². The van der Waals surface area contributed by atoms with Crippen molar-refractivity contribution in [2.45, 2.75) is 70.2 Å². The van der Waals surface area contributed by atoms with Crippen LogP contribution in [0.5, 0.6) is 0 Å². The normalized spacial score (nSPS) is 43.8. The predicted molar refractivity (Wildman–Crippen MR) is 102 cm³/mol. The lowest BCUT2D eigenvalue weighted by molar-refractivity contribution is -0.235. The quantitative estimate of drug-likeness (QED) is 0.569. The fourth-order valence-corrected chi connectivity index (χ4v) is 6.06. The maximum Gasteiger partial charge on any atom is 0.302 e. The Bertz CT molecular complexity index is 794. The van der Waals surface area contributed by atoms with E-state index in [-0.39, 0.29) is 18.8 Å². The summed E-state index contributed by atoms with van der Waals surface area (Å²) in [6, 6.07) is 1.88. The van der Waals surface area contributed by atoms with Gasteiger partial charge in [0.2, 0.25) is 0 Å². The van der Waals surface area contributed by atoms with Crippen molar-refractivity contribution in [2.24, 2.45) is 16.7 Å². The summed E-state index contributed by atoms with van der Waals surface area (Å²) >= 11 is 0. The molecule has 1 aliphatic heterocycles. The molecule has 6 atom stereocenters. The topological polar surface area (TPSA) is 110 Å². The molecule has 0 aromatic carbocycles. The molecule has 1 aromatic heterocycles. The van der Waals surface area contributed by atoms with Crippen molar-refractivity contribution >= 4 is 11.8 Å². The van der Waals surface area contributed by atoms with Crippen molar-refractivity contribution in [3.63, 3.8) is 0 Å². The third kappa shape index (κ3) is 2.89. The highest BCUT2D eigenvalue weighted by atomic mass is 16.6. The van der Waals surface area contributed by atoms with Crippen LogP contribution in [0.25, 0.3) is 0 Å². The Morgan fingerprint density at radius 3 is 2.69 bits per heavy atom. The van der Waals surface area contributed by atoms with Gasteiger partial charge in [0.15, 0.2) is 0 Å². The number of epoxide rings is 1. The molecule has 7 nitrogen and oxygen atoms in total. The molecule has 0 bridgehead atoms. The van der Waals surface area contributed by atoms with Gasteiger partial charge in [-0.2, -0.15) is 0 Å². The highest BCUT2D eigenvalue weighted by molar-refractivity contribution is 5.90. The van der Waals surface area contributed by atoms with Crippen LogP contribution in [0.3, 0.4) is 0 Å². The van der Waals surface area contributed by atoms with Crippen molar-refractivity contribution in [3.8, 4) is 0 Å². The zero-order valence-electron chi connectivity index (χ0n) is 17.3. The molecule has 0 amide bonds. The van der Waals surface area contributed by atoms with Crippen molar-refractivity contribution in [1.29, 1.82) is 0 Å². The summed E-state index contributed by atoms with van der Waals surface area (Å²) in [6.45, 7) is 5.21. The van der Waals surface area contributed by atoms with E-state index < -0.39 is 40.0 Å². The van der Waals surface area contributed by atoms with Crippen LogP contribution in [-0.4, -0.2) is 52.5 Å². The maximum absolute atomic E-state index is 13.5. The van der Waals surface area contributed by atoms with Crippen molar-refractivity contribution in [3.05, 3.63) is 24.2 Å². The molecule has 2 heterocycles. The van der Waals surface area contributed by atoms with E-state index in [2.05, 4.69) is 0 Å². The number of carbonyl (C=O) groups is 2. The van der Waals surface area contributed by atoms with Crippen LogP contribution in [0.1, 0.15) is 52.0 Å². The summed E-state index contributed by atoms with van der Waals surface area (Å²) in [5.74, 6) is -1.25. The molecule has 1 aromatic rings. The van der Waals surface area contributed by atoms with Crippen LogP contribution >= 0.6 is 0 Å². The molecule has 160 valence electrons. The summed E-state index contributed by atoms with van der Waals surface area (Å²) in [7, 11) is 0. The molecule has 1 saturated heterocycles. The number of aliphatic hydroxyl groups excluding tert-OH is 1. The van der Waals surface area contributed by atoms with Gasteiger partial charge < -0.3 is 24.1 Å². The van der Waals surface area contributed by atoms with Gasteiger partial charge in [-0.05, 0) is 44.2 Å². The monoisotopic (exact) mass is 406 g/mol. The van der Waals surface area contributed by atoms with E-state index in [0.717, 1.165) is 5.56 Å². The molecule has 1 spiro atoms. The fourth-order valence-electron chi connectivity index (χ4n) is 6.06. The lowest BCUT2D eigenvalue weighted by Gasteiger charge is -2.63. The first-order valence-corrected chi connectivity index (χ1v) is 10.3. The van der Waals surface area contributed by atoms with Crippen LogP contribution in [0, 0.1) is 16.7 Å². The van der Waals surface area contributed by atoms with Crippen LogP contribution in [0.2, 0.25) is 0 Å². The Morgan fingerprint density at radius 1 is 1.38 bits per heavy atom. The van der Waals surface area contributed by atoms with Gasteiger partial charge in [-0.3, -0.25) is 9.59 Å². The van der Waals surface area contributed by atoms with E-state index in [1.807, 2.05) is 13.0 Å². The zero-order chi connectivity index (χ0) is 21.1. The standard InChI is InChI=1S/C22H30O7/c1-14(23)28-13-22-17(25)10-20(3,26)19(2,7-4-15-6-9-27-11-15)18(22)16(24)5-8-21(22)12-29-21/h6,9,11,16,18,24,26H,4-5,7-8,10,12-13H2,1-3H3/t16-,18+,19+,20-,21+,22+/m0/s1. The third-order valence-electron chi connectivity index (χ3n) is 8.00. The highest BCUT2D eigenvalue weighted by Crippen LogP contribution is 2.68. The summed E-state index contributed by atoms with van der Waals surface area (Å²) in [6.07, 6.45) is 4.61. The maximum atomic E-state index is 13.5. The van der Waals surface area contributed by atoms with Gasteiger partial charge >= 0.3 is 5.97 Å². The molecule has 3 fully saturated rings. The number of ether oxygens (including phenoxy) is 2. The number of hydrogen-bond donors (Lipinski definition) is 2. The summed E-state index contributed by atoms with van der Waals surface area (Å²) in [5, 5.41) is 22.6. The Hall–Kier alpha value is -1.70. The van der Waals surface area contributed by atoms with E-state index in [0.29, 0.717) is 32.3 Å². The molecule has 2 aliphatic carbocycles. The molecule has 3 aliphatic rings. The van der Waals surface area contributed by atoms with Crippen molar-refractivity contribution < 1.29 is 33.7 Å². The Kier molecular flexibility index (Phi) is 4.72. The smallest absolute Gasteiger partial charge is 0.302 e. The van der Waals surface area contributed by atoms with Gasteiger partial charge in [-0.1, -0.05) is 6.92 Å². The molecule has 2 N–H and O–H groups in total. The van der Waals surface area contributed by atoms with Crippen LogP contribution in [0.4, 0.5) is 0 Å². The number of carbonyl (C=O) groups excluding carboxylic acids is 2.